The van der Waals surface area contributed by atoms with Gasteiger partial charge in [0.1, 0.15) is 16.8 Å². The van der Waals surface area contributed by atoms with Gasteiger partial charge in [-0.3, -0.25) is 0 Å². The van der Waals surface area contributed by atoms with Gasteiger partial charge in [-0.1, -0.05) is 30.3 Å². The topological polar surface area (TPSA) is 72.5 Å². The minimum atomic E-state index is -4.67. The van der Waals surface area contributed by atoms with E-state index in [1.54, 1.807) is 18.2 Å². The quantitative estimate of drug-likeness (QED) is 0.657. The summed E-state index contributed by atoms with van der Waals surface area (Å²) in [5, 5.41) is 0. The van der Waals surface area contributed by atoms with Crippen molar-refractivity contribution in [3.63, 3.8) is 0 Å². The van der Waals surface area contributed by atoms with Crippen LogP contribution in [0.25, 0.3) is 0 Å². The van der Waals surface area contributed by atoms with Gasteiger partial charge in [-0.15, -0.1) is 0 Å². The fourth-order valence-electron chi connectivity index (χ4n) is 1.94. The van der Waals surface area contributed by atoms with Crippen molar-refractivity contribution in [1.29, 1.82) is 0 Å². The molecule has 0 radical (unpaired) electrons. The molecule has 1 atom stereocenters. The number of esters is 1. The van der Waals surface area contributed by atoms with Crippen molar-refractivity contribution in [3.05, 3.63) is 65.5 Å². The molecule has 0 aliphatic rings. The van der Waals surface area contributed by atoms with Crippen molar-refractivity contribution >= 4 is 16.0 Å². The number of ether oxygens (including phenoxy) is 1. The van der Waals surface area contributed by atoms with Gasteiger partial charge in [0, 0.05) is 6.07 Å². The summed E-state index contributed by atoms with van der Waals surface area (Å²) in [5.41, 5.74) is 0.232. The number of sulfonamides is 1. The zero-order chi connectivity index (χ0) is 17.9. The van der Waals surface area contributed by atoms with E-state index in [1.165, 1.54) is 12.1 Å². The van der Waals surface area contributed by atoms with Gasteiger partial charge in [-0.05, 0) is 11.6 Å². The summed E-state index contributed by atoms with van der Waals surface area (Å²) >= 11 is 0. The Balaban J connectivity index is 2.45. The number of benzene rings is 2. The number of methoxy groups -OCH3 is 1. The second kappa shape index (κ2) is 7.02. The Labute approximate surface area is 136 Å². The third-order valence-corrected chi connectivity index (χ3v) is 4.55. The molecule has 0 saturated carbocycles. The third kappa shape index (κ3) is 3.74. The van der Waals surface area contributed by atoms with E-state index in [0.29, 0.717) is 0 Å². The van der Waals surface area contributed by atoms with Gasteiger partial charge in [0.05, 0.1) is 7.11 Å². The summed E-state index contributed by atoms with van der Waals surface area (Å²) in [6.45, 7) is 0. The van der Waals surface area contributed by atoms with Crippen molar-refractivity contribution in [3.8, 4) is 0 Å². The van der Waals surface area contributed by atoms with Crippen molar-refractivity contribution < 1.29 is 31.1 Å². The van der Waals surface area contributed by atoms with Crippen molar-refractivity contribution in [1.82, 2.24) is 4.72 Å². The lowest BCUT2D eigenvalue weighted by Gasteiger charge is -2.17. The predicted octanol–water partition coefficient (Wildman–Crippen LogP) is 2.30. The summed E-state index contributed by atoms with van der Waals surface area (Å²) in [5.74, 6) is -5.50. The summed E-state index contributed by atoms with van der Waals surface area (Å²) in [6.07, 6.45) is 0. The molecule has 0 saturated heterocycles. The molecule has 0 aliphatic heterocycles. The number of carbonyl (C=O) groups excluding carboxylic acids is 1. The number of hydrogen-bond acceptors (Lipinski definition) is 4. The highest BCUT2D eigenvalue weighted by Crippen LogP contribution is 2.22. The highest BCUT2D eigenvalue weighted by molar-refractivity contribution is 7.89. The fraction of sp³-hybridized carbons (Fsp3) is 0.133. The Kier molecular flexibility index (Phi) is 5.25. The van der Waals surface area contributed by atoms with Crippen LogP contribution in [0.4, 0.5) is 13.2 Å². The van der Waals surface area contributed by atoms with Gasteiger partial charge in [0.2, 0.25) is 10.0 Å². The first-order valence-corrected chi connectivity index (χ1v) is 8.04. The van der Waals surface area contributed by atoms with Crippen LogP contribution < -0.4 is 4.72 Å². The number of carbonyl (C=O) groups is 1. The molecule has 0 aromatic heterocycles. The second-order valence-corrected chi connectivity index (χ2v) is 6.37. The van der Waals surface area contributed by atoms with Gasteiger partial charge in [-0.25, -0.2) is 26.4 Å². The molecule has 0 bridgehead atoms. The molecule has 128 valence electrons. The lowest BCUT2D eigenvalue weighted by Crippen LogP contribution is -2.35. The summed E-state index contributed by atoms with van der Waals surface area (Å²) in [6, 6.07) is 6.48. The third-order valence-electron chi connectivity index (χ3n) is 3.11. The zero-order valence-electron chi connectivity index (χ0n) is 12.3. The van der Waals surface area contributed by atoms with E-state index in [-0.39, 0.29) is 17.7 Å². The van der Waals surface area contributed by atoms with Crippen LogP contribution in [-0.2, 0) is 19.6 Å². The van der Waals surface area contributed by atoms with Gasteiger partial charge < -0.3 is 4.74 Å². The summed E-state index contributed by atoms with van der Waals surface area (Å²) in [4.78, 5) is 10.7. The highest BCUT2D eigenvalue weighted by Gasteiger charge is 2.30. The van der Waals surface area contributed by atoms with Crippen LogP contribution in [0, 0.1) is 17.5 Å². The molecule has 2 aromatic rings. The largest absolute Gasteiger partial charge is 0.468 e. The Hall–Kier alpha value is -2.39. The highest BCUT2D eigenvalue weighted by atomic mass is 32.2. The van der Waals surface area contributed by atoms with Crippen molar-refractivity contribution in [2.75, 3.05) is 7.11 Å². The standard InChI is InChI=1S/C15H12F3NO4S/c1-23-15(20)14(9-5-3-2-4-6-9)19-24(21,22)13-8-11(17)10(16)7-12(13)18/h2-8,14,19H,1H3. The molecule has 5 nitrogen and oxygen atoms in total. The van der Waals surface area contributed by atoms with E-state index in [4.69, 9.17) is 0 Å². The average Bonchev–Trinajstić information content (AvgIpc) is 2.56. The number of hydrogen-bond donors (Lipinski definition) is 1. The molecular formula is C15H12F3NO4S. The van der Waals surface area contributed by atoms with Crippen molar-refractivity contribution in [2.24, 2.45) is 0 Å². The predicted molar refractivity (Wildman–Crippen MR) is 77.8 cm³/mol. The van der Waals surface area contributed by atoms with E-state index in [0.717, 1.165) is 7.11 Å². The van der Waals surface area contributed by atoms with Gasteiger partial charge in [0.15, 0.2) is 11.6 Å². The maximum absolute atomic E-state index is 13.7. The van der Waals surface area contributed by atoms with Gasteiger partial charge in [-0.2, -0.15) is 4.72 Å². The summed E-state index contributed by atoms with van der Waals surface area (Å²) < 4.78 is 70.9. The fourth-order valence-corrected chi connectivity index (χ4v) is 3.19. The van der Waals surface area contributed by atoms with E-state index < -0.39 is 44.4 Å². The second-order valence-electron chi connectivity index (χ2n) is 4.68. The van der Waals surface area contributed by atoms with E-state index in [1.807, 2.05) is 4.72 Å². The molecule has 0 amide bonds. The molecule has 2 rings (SSSR count). The molecule has 2 aromatic carbocycles. The van der Waals surface area contributed by atoms with Crippen molar-refractivity contribution in [2.45, 2.75) is 10.9 Å². The summed E-state index contributed by atoms with van der Waals surface area (Å²) in [7, 11) is -3.62. The molecule has 9 heteroatoms. The van der Waals surface area contributed by atoms with E-state index in [9.17, 15) is 26.4 Å². The Morgan fingerprint density at radius 1 is 1.04 bits per heavy atom. The first-order valence-electron chi connectivity index (χ1n) is 6.56. The van der Waals surface area contributed by atoms with E-state index in [2.05, 4.69) is 4.74 Å². The van der Waals surface area contributed by atoms with E-state index >= 15 is 0 Å². The van der Waals surface area contributed by atoms with Crippen LogP contribution in [0.1, 0.15) is 11.6 Å². The SMILES string of the molecule is COC(=O)C(NS(=O)(=O)c1cc(F)c(F)cc1F)c1ccccc1. The monoisotopic (exact) mass is 359 g/mol. The Morgan fingerprint density at radius 2 is 1.62 bits per heavy atom. The molecular weight excluding hydrogens is 347 g/mol. The minimum Gasteiger partial charge on any atom is -0.468 e. The van der Waals surface area contributed by atoms with Gasteiger partial charge in [0.25, 0.3) is 0 Å². The first kappa shape index (κ1) is 18.0. The molecule has 0 heterocycles. The van der Waals surface area contributed by atoms with Crippen LogP contribution >= 0.6 is 0 Å². The average molecular weight is 359 g/mol. The van der Waals surface area contributed by atoms with Crippen LogP contribution in [0.15, 0.2) is 47.4 Å². The number of rotatable bonds is 5. The molecule has 24 heavy (non-hydrogen) atoms. The van der Waals surface area contributed by atoms with Crippen LogP contribution in [0.2, 0.25) is 0 Å². The zero-order valence-corrected chi connectivity index (χ0v) is 13.1. The lowest BCUT2D eigenvalue weighted by atomic mass is 10.1. The molecule has 0 spiro atoms. The normalized spacial score (nSPS) is 12.7. The first-order chi connectivity index (χ1) is 11.3. The number of nitrogens with one attached hydrogen (secondary N) is 1. The van der Waals surface area contributed by atoms with Gasteiger partial charge >= 0.3 is 5.97 Å². The van der Waals surface area contributed by atoms with Crippen LogP contribution in [0.5, 0.6) is 0 Å². The molecule has 0 aliphatic carbocycles. The smallest absolute Gasteiger partial charge is 0.328 e. The van der Waals surface area contributed by atoms with Crippen LogP contribution in [0.3, 0.4) is 0 Å². The number of halogens is 3. The Bertz CT molecular complexity index is 857. The molecule has 1 N–H and O–H groups in total. The van der Waals surface area contributed by atoms with Crippen LogP contribution in [-0.4, -0.2) is 21.5 Å². The maximum Gasteiger partial charge on any atom is 0.328 e. The lowest BCUT2D eigenvalue weighted by molar-refractivity contribution is -0.142. The molecule has 0 fully saturated rings. The molecule has 1 unspecified atom stereocenters. The minimum absolute atomic E-state index is 0.111. The Morgan fingerprint density at radius 3 is 2.21 bits per heavy atom. The maximum atomic E-state index is 13.7.